The zero-order chi connectivity index (χ0) is 14.6. The van der Waals surface area contributed by atoms with Gasteiger partial charge in [0.05, 0.1) is 5.41 Å². The zero-order valence-electron chi connectivity index (χ0n) is 13.5. The number of amides is 1. The van der Waals surface area contributed by atoms with E-state index >= 15 is 0 Å². The third kappa shape index (κ3) is 3.01. The van der Waals surface area contributed by atoms with Crippen LogP contribution in [0.1, 0.15) is 46.5 Å². The summed E-state index contributed by atoms with van der Waals surface area (Å²) in [5, 5.41) is 3.37. The van der Waals surface area contributed by atoms with Crippen LogP contribution in [0.25, 0.3) is 0 Å². The van der Waals surface area contributed by atoms with Gasteiger partial charge in [0.15, 0.2) is 0 Å². The van der Waals surface area contributed by atoms with Gasteiger partial charge in [0.25, 0.3) is 0 Å². The number of hydrogen-bond donors (Lipinski definition) is 1. The molecule has 0 bridgehead atoms. The van der Waals surface area contributed by atoms with E-state index in [0.29, 0.717) is 11.9 Å². The Morgan fingerprint density at radius 1 is 1.25 bits per heavy atom. The predicted octanol–water partition coefficient (Wildman–Crippen LogP) is 1.71. The fraction of sp³-hybridized carbons (Fsp3) is 0.938. The lowest BCUT2D eigenvalue weighted by Crippen LogP contribution is -2.51. The molecular weight excluding hydrogens is 250 g/mol. The highest BCUT2D eigenvalue weighted by molar-refractivity contribution is 5.83. The van der Waals surface area contributed by atoms with Crippen molar-refractivity contribution in [1.29, 1.82) is 0 Å². The topological polar surface area (TPSA) is 35.6 Å². The van der Waals surface area contributed by atoms with E-state index in [9.17, 15) is 4.79 Å². The van der Waals surface area contributed by atoms with E-state index < -0.39 is 0 Å². The molecule has 0 aromatic heterocycles. The van der Waals surface area contributed by atoms with E-state index in [-0.39, 0.29) is 5.41 Å². The molecule has 0 saturated carbocycles. The van der Waals surface area contributed by atoms with E-state index in [0.717, 1.165) is 65.0 Å². The summed E-state index contributed by atoms with van der Waals surface area (Å²) in [4.78, 5) is 17.5. The van der Waals surface area contributed by atoms with Gasteiger partial charge in [0.1, 0.15) is 0 Å². The van der Waals surface area contributed by atoms with Crippen LogP contribution in [0.4, 0.5) is 0 Å². The van der Waals surface area contributed by atoms with Crippen LogP contribution in [-0.4, -0.2) is 61.0 Å². The second-order valence-corrected chi connectivity index (χ2v) is 6.31. The average Bonchev–Trinajstić information content (AvgIpc) is 2.98. The summed E-state index contributed by atoms with van der Waals surface area (Å²) in [6.45, 7) is 12.6. The van der Waals surface area contributed by atoms with E-state index in [1.54, 1.807) is 0 Å². The molecule has 2 aliphatic heterocycles. The fourth-order valence-corrected chi connectivity index (χ4v) is 3.89. The summed E-state index contributed by atoms with van der Waals surface area (Å²) in [5.41, 5.74) is -0.109. The van der Waals surface area contributed by atoms with E-state index in [1.165, 1.54) is 0 Å². The summed E-state index contributed by atoms with van der Waals surface area (Å²) in [6.07, 6.45) is 4.26. The Bertz CT molecular complexity index is 314. The zero-order valence-corrected chi connectivity index (χ0v) is 13.5. The number of nitrogens with one attached hydrogen (secondary N) is 1. The highest BCUT2D eigenvalue weighted by Gasteiger charge is 2.42. The first-order valence-corrected chi connectivity index (χ1v) is 8.41. The smallest absolute Gasteiger partial charge is 0.230 e. The molecule has 2 rings (SSSR count). The van der Waals surface area contributed by atoms with E-state index in [2.05, 4.69) is 35.9 Å². The molecule has 4 nitrogen and oxygen atoms in total. The molecule has 20 heavy (non-hydrogen) atoms. The summed E-state index contributed by atoms with van der Waals surface area (Å²) in [7, 11) is 0. The maximum absolute atomic E-state index is 12.8. The van der Waals surface area contributed by atoms with E-state index in [4.69, 9.17) is 0 Å². The molecular formula is C16H31N3O. The van der Waals surface area contributed by atoms with Gasteiger partial charge in [-0.15, -0.1) is 0 Å². The van der Waals surface area contributed by atoms with Crippen LogP contribution in [-0.2, 0) is 4.79 Å². The number of piperidine rings is 1. The Balaban J connectivity index is 1.91. The molecule has 2 heterocycles. The highest BCUT2D eigenvalue weighted by atomic mass is 16.2. The third-order valence-corrected chi connectivity index (χ3v) is 5.45. The standard InChI is InChI=1S/C16H31N3O/c1-4-16(9-10-17-13-16)15(20)19-11-7-14(8-12-19)18(5-2)6-3/h14,17H,4-13H2,1-3H3. The Hall–Kier alpha value is -0.610. The predicted molar refractivity (Wildman–Crippen MR) is 82.7 cm³/mol. The lowest BCUT2D eigenvalue weighted by atomic mass is 9.82. The van der Waals surface area contributed by atoms with Crippen molar-refractivity contribution < 1.29 is 4.79 Å². The van der Waals surface area contributed by atoms with Crippen LogP contribution >= 0.6 is 0 Å². The Morgan fingerprint density at radius 3 is 2.35 bits per heavy atom. The van der Waals surface area contributed by atoms with Crippen LogP contribution in [0.2, 0.25) is 0 Å². The number of carbonyl (C=O) groups excluding carboxylic acids is 1. The third-order valence-electron chi connectivity index (χ3n) is 5.45. The van der Waals surface area contributed by atoms with Gasteiger partial charge in [-0.1, -0.05) is 20.8 Å². The summed E-state index contributed by atoms with van der Waals surface area (Å²) in [5.74, 6) is 0.406. The van der Waals surface area contributed by atoms with Crippen molar-refractivity contribution in [2.45, 2.75) is 52.5 Å². The molecule has 1 amide bonds. The first-order chi connectivity index (χ1) is 9.66. The maximum Gasteiger partial charge on any atom is 0.230 e. The van der Waals surface area contributed by atoms with Gasteiger partial charge in [-0.25, -0.2) is 0 Å². The summed E-state index contributed by atoms with van der Waals surface area (Å²) in [6, 6.07) is 0.674. The van der Waals surface area contributed by atoms with Gasteiger partial charge >= 0.3 is 0 Å². The van der Waals surface area contributed by atoms with Gasteiger partial charge in [0, 0.05) is 25.7 Å². The first kappa shape index (κ1) is 15.8. The second-order valence-electron chi connectivity index (χ2n) is 6.31. The van der Waals surface area contributed by atoms with Gasteiger partial charge in [-0.2, -0.15) is 0 Å². The van der Waals surface area contributed by atoms with Crippen LogP contribution < -0.4 is 5.32 Å². The summed E-state index contributed by atoms with van der Waals surface area (Å²) < 4.78 is 0. The van der Waals surface area contributed by atoms with Crippen molar-refractivity contribution >= 4 is 5.91 Å². The molecule has 116 valence electrons. The van der Waals surface area contributed by atoms with Gasteiger partial charge in [-0.3, -0.25) is 4.79 Å². The van der Waals surface area contributed by atoms with Gasteiger partial charge in [-0.05, 0) is 45.3 Å². The van der Waals surface area contributed by atoms with Crippen molar-refractivity contribution in [3.63, 3.8) is 0 Å². The molecule has 0 aliphatic carbocycles. The number of carbonyl (C=O) groups is 1. The molecule has 2 aliphatic rings. The lowest BCUT2D eigenvalue weighted by molar-refractivity contribution is -0.143. The Morgan fingerprint density at radius 2 is 1.90 bits per heavy atom. The molecule has 0 spiro atoms. The normalized spacial score (nSPS) is 28.3. The van der Waals surface area contributed by atoms with Gasteiger partial charge < -0.3 is 15.1 Å². The molecule has 0 aromatic carbocycles. The Kier molecular flexibility index (Phi) is 5.44. The monoisotopic (exact) mass is 281 g/mol. The fourth-order valence-electron chi connectivity index (χ4n) is 3.89. The largest absolute Gasteiger partial charge is 0.342 e. The SMILES string of the molecule is CCN(CC)C1CCN(C(=O)C2(CC)CCNC2)CC1. The molecule has 2 fully saturated rings. The molecule has 1 atom stereocenters. The number of hydrogen-bond acceptors (Lipinski definition) is 3. The van der Waals surface area contributed by atoms with Crippen molar-refractivity contribution in [3.05, 3.63) is 0 Å². The minimum atomic E-state index is -0.109. The van der Waals surface area contributed by atoms with Crippen LogP contribution in [0.5, 0.6) is 0 Å². The van der Waals surface area contributed by atoms with Crippen molar-refractivity contribution in [3.8, 4) is 0 Å². The Labute approximate surface area is 123 Å². The maximum atomic E-state index is 12.8. The average molecular weight is 281 g/mol. The minimum Gasteiger partial charge on any atom is -0.342 e. The van der Waals surface area contributed by atoms with Crippen molar-refractivity contribution in [1.82, 2.24) is 15.1 Å². The summed E-state index contributed by atoms with van der Waals surface area (Å²) >= 11 is 0. The quantitative estimate of drug-likeness (QED) is 0.833. The van der Waals surface area contributed by atoms with Crippen LogP contribution in [0.3, 0.4) is 0 Å². The number of rotatable bonds is 5. The molecule has 1 unspecified atom stereocenters. The first-order valence-electron chi connectivity index (χ1n) is 8.41. The number of nitrogens with zero attached hydrogens (tertiary/aromatic N) is 2. The molecule has 1 N–H and O–H groups in total. The lowest BCUT2D eigenvalue weighted by Gasteiger charge is -2.40. The highest BCUT2D eigenvalue weighted by Crippen LogP contribution is 2.33. The molecule has 2 saturated heterocycles. The molecule has 0 aromatic rings. The van der Waals surface area contributed by atoms with E-state index in [1.807, 2.05) is 0 Å². The molecule has 4 heteroatoms. The second kappa shape index (κ2) is 6.90. The number of likely N-dealkylation sites (tertiary alicyclic amines) is 1. The van der Waals surface area contributed by atoms with Crippen LogP contribution in [0, 0.1) is 5.41 Å². The minimum absolute atomic E-state index is 0.109. The van der Waals surface area contributed by atoms with Gasteiger partial charge in [0.2, 0.25) is 5.91 Å². The van der Waals surface area contributed by atoms with Crippen molar-refractivity contribution in [2.24, 2.45) is 5.41 Å². The van der Waals surface area contributed by atoms with Crippen molar-refractivity contribution in [2.75, 3.05) is 39.3 Å². The molecule has 0 radical (unpaired) electrons. The van der Waals surface area contributed by atoms with Crippen LogP contribution in [0.15, 0.2) is 0 Å².